The van der Waals surface area contributed by atoms with Gasteiger partial charge in [0.05, 0.1) is 11.9 Å². The molecule has 0 aromatic carbocycles. The van der Waals surface area contributed by atoms with Crippen molar-refractivity contribution in [3.8, 4) is 0 Å². The van der Waals surface area contributed by atoms with E-state index in [2.05, 4.69) is 5.10 Å². The van der Waals surface area contributed by atoms with Crippen LogP contribution in [0.3, 0.4) is 0 Å². The molecule has 0 radical (unpaired) electrons. The Bertz CT molecular complexity index is 246. The van der Waals surface area contributed by atoms with E-state index in [-0.39, 0.29) is 6.61 Å². The molecule has 0 aliphatic carbocycles. The van der Waals surface area contributed by atoms with Gasteiger partial charge >= 0.3 is 0 Å². The van der Waals surface area contributed by atoms with Gasteiger partial charge in [0.15, 0.2) is 0 Å². The van der Waals surface area contributed by atoms with Gasteiger partial charge in [-0.2, -0.15) is 5.10 Å². The number of nitrogens with zero attached hydrogens (tertiary/aromatic N) is 2. The Morgan fingerprint density at radius 1 is 1.42 bits per heavy atom. The summed E-state index contributed by atoms with van der Waals surface area (Å²) in [4.78, 5) is 0. The second-order valence-electron chi connectivity index (χ2n) is 2.64. The first kappa shape index (κ1) is 8.86. The summed E-state index contributed by atoms with van der Waals surface area (Å²) in [5, 5.41) is 12.5. The van der Waals surface area contributed by atoms with Gasteiger partial charge in [0.25, 0.3) is 0 Å². The monoisotopic (exact) mass is 170 g/mol. The first-order chi connectivity index (χ1) is 5.75. The molecule has 0 saturated carbocycles. The van der Waals surface area contributed by atoms with Crippen molar-refractivity contribution in [3.63, 3.8) is 0 Å². The average molecular weight is 170 g/mol. The Balaban J connectivity index is 2.46. The third kappa shape index (κ3) is 1.88. The summed E-state index contributed by atoms with van der Waals surface area (Å²) in [5.41, 5.74) is 11.6. The SMILES string of the molecule is Nc1cnn(CCCCO)c1N. The zero-order valence-corrected chi connectivity index (χ0v) is 6.90. The molecule has 0 fully saturated rings. The number of nitrogen functional groups attached to an aromatic ring is 2. The molecular weight excluding hydrogens is 156 g/mol. The number of hydrogen-bond donors (Lipinski definition) is 3. The number of rotatable bonds is 4. The van der Waals surface area contributed by atoms with Crippen LogP contribution in [0.5, 0.6) is 0 Å². The highest BCUT2D eigenvalue weighted by atomic mass is 16.2. The molecule has 0 amide bonds. The van der Waals surface area contributed by atoms with Gasteiger partial charge in [-0.25, -0.2) is 4.68 Å². The fourth-order valence-electron chi connectivity index (χ4n) is 0.961. The summed E-state index contributed by atoms with van der Waals surface area (Å²) in [6.07, 6.45) is 3.16. The lowest BCUT2D eigenvalue weighted by Gasteiger charge is -2.02. The van der Waals surface area contributed by atoms with E-state index < -0.39 is 0 Å². The minimum absolute atomic E-state index is 0.205. The number of hydrogen-bond acceptors (Lipinski definition) is 4. The lowest BCUT2D eigenvalue weighted by molar-refractivity contribution is 0.280. The van der Waals surface area contributed by atoms with Crippen LogP contribution in [0, 0.1) is 0 Å². The maximum Gasteiger partial charge on any atom is 0.145 e. The molecule has 0 unspecified atom stereocenters. The number of aliphatic hydroxyl groups is 1. The third-order valence-electron chi connectivity index (χ3n) is 1.69. The summed E-state index contributed by atoms with van der Waals surface area (Å²) in [5.74, 6) is 0.507. The van der Waals surface area contributed by atoms with E-state index >= 15 is 0 Å². The van der Waals surface area contributed by atoms with Gasteiger partial charge in [0, 0.05) is 13.2 Å². The molecule has 0 saturated heterocycles. The third-order valence-corrected chi connectivity index (χ3v) is 1.69. The van der Waals surface area contributed by atoms with Gasteiger partial charge in [0.1, 0.15) is 5.82 Å². The molecule has 12 heavy (non-hydrogen) atoms. The van der Waals surface area contributed by atoms with Crippen molar-refractivity contribution in [1.82, 2.24) is 9.78 Å². The van der Waals surface area contributed by atoms with Crippen molar-refractivity contribution < 1.29 is 5.11 Å². The van der Waals surface area contributed by atoms with Crippen LogP contribution in [0.15, 0.2) is 6.20 Å². The van der Waals surface area contributed by atoms with E-state index in [9.17, 15) is 0 Å². The molecule has 0 aliphatic heterocycles. The summed E-state index contributed by atoms with van der Waals surface area (Å²) >= 11 is 0. The predicted octanol–water partition coefficient (Wildman–Crippen LogP) is -0.180. The van der Waals surface area contributed by atoms with Gasteiger partial charge in [0.2, 0.25) is 0 Å². The van der Waals surface area contributed by atoms with Crippen molar-refractivity contribution in [3.05, 3.63) is 6.20 Å². The molecular formula is C7H14N4O. The Labute approximate surface area is 71.0 Å². The van der Waals surface area contributed by atoms with E-state index in [0.29, 0.717) is 18.1 Å². The number of unbranched alkanes of at least 4 members (excludes halogenated alkanes) is 1. The minimum Gasteiger partial charge on any atom is -0.396 e. The number of nitrogens with two attached hydrogens (primary N) is 2. The molecule has 68 valence electrons. The second kappa shape index (κ2) is 3.96. The Morgan fingerprint density at radius 2 is 2.17 bits per heavy atom. The first-order valence-electron chi connectivity index (χ1n) is 3.93. The Kier molecular flexibility index (Phi) is 2.93. The smallest absolute Gasteiger partial charge is 0.145 e. The lowest BCUT2D eigenvalue weighted by atomic mass is 10.3. The Hall–Kier alpha value is -1.23. The number of anilines is 2. The van der Waals surface area contributed by atoms with Gasteiger partial charge in [-0.1, -0.05) is 0 Å². The average Bonchev–Trinajstić information content (AvgIpc) is 2.36. The summed E-state index contributed by atoms with van der Waals surface area (Å²) in [6, 6.07) is 0. The zero-order valence-electron chi connectivity index (χ0n) is 6.90. The molecule has 0 aliphatic rings. The Morgan fingerprint density at radius 3 is 2.67 bits per heavy atom. The van der Waals surface area contributed by atoms with Crippen LogP contribution in [-0.4, -0.2) is 21.5 Å². The highest BCUT2D eigenvalue weighted by molar-refractivity contribution is 5.56. The molecule has 1 heterocycles. The molecule has 0 bridgehead atoms. The van der Waals surface area contributed by atoms with Gasteiger partial charge < -0.3 is 16.6 Å². The van der Waals surface area contributed by atoms with Gasteiger partial charge in [-0.05, 0) is 12.8 Å². The summed E-state index contributed by atoms with van der Waals surface area (Å²) in [6.45, 7) is 0.917. The first-order valence-corrected chi connectivity index (χ1v) is 3.93. The van der Waals surface area contributed by atoms with Crippen molar-refractivity contribution >= 4 is 11.5 Å². The van der Waals surface area contributed by atoms with E-state index in [1.807, 2.05) is 0 Å². The predicted molar refractivity (Wildman–Crippen MR) is 47.4 cm³/mol. The van der Waals surface area contributed by atoms with Gasteiger partial charge in [-0.3, -0.25) is 0 Å². The number of aryl methyl sites for hydroxylation is 1. The molecule has 1 aromatic rings. The van der Waals surface area contributed by atoms with Crippen LogP contribution in [0.1, 0.15) is 12.8 Å². The molecule has 0 atom stereocenters. The van der Waals surface area contributed by atoms with E-state index in [1.165, 1.54) is 6.20 Å². The maximum absolute atomic E-state index is 8.53. The molecule has 5 heteroatoms. The molecule has 1 aromatic heterocycles. The van der Waals surface area contributed by atoms with E-state index in [1.54, 1.807) is 4.68 Å². The number of aromatic nitrogens is 2. The summed E-state index contributed by atoms with van der Waals surface area (Å²) in [7, 11) is 0. The van der Waals surface area contributed by atoms with E-state index in [0.717, 1.165) is 12.8 Å². The standard InChI is InChI=1S/C7H14N4O/c8-6-5-10-11(7(6)9)3-1-2-4-12/h5,12H,1-4,8-9H2. The van der Waals surface area contributed by atoms with Crippen LogP contribution in [0.4, 0.5) is 11.5 Å². The maximum atomic E-state index is 8.53. The van der Waals surface area contributed by atoms with Crippen LogP contribution in [-0.2, 0) is 6.54 Å². The summed E-state index contributed by atoms with van der Waals surface area (Å²) < 4.78 is 1.64. The number of aliphatic hydroxyl groups excluding tert-OH is 1. The highest BCUT2D eigenvalue weighted by Crippen LogP contribution is 2.12. The van der Waals surface area contributed by atoms with Crippen molar-refractivity contribution in [1.29, 1.82) is 0 Å². The van der Waals surface area contributed by atoms with Crippen molar-refractivity contribution in [2.75, 3.05) is 18.1 Å². The molecule has 0 spiro atoms. The normalized spacial score (nSPS) is 10.4. The molecule has 5 nitrogen and oxygen atoms in total. The fraction of sp³-hybridized carbons (Fsp3) is 0.571. The van der Waals surface area contributed by atoms with Crippen LogP contribution >= 0.6 is 0 Å². The molecule has 1 rings (SSSR count). The molecule has 5 N–H and O–H groups in total. The van der Waals surface area contributed by atoms with Gasteiger partial charge in [-0.15, -0.1) is 0 Å². The minimum atomic E-state index is 0.205. The fourth-order valence-corrected chi connectivity index (χ4v) is 0.961. The second-order valence-corrected chi connectivity index (χ2v) is 2.64. The van der Waals surface area contributed by atoms with Crippen LogP contribution in [0.2, 0.25) is 0 Å². The quantitative estimate of drug-likeness (QED) is 0.547. The topological polar surface area (TPSA) is 90.1 Å². The lowest BCUT2D eigenvalue weighted by Crippen LogP contribution is -2.06. The van der Waals surface area contributed by atoms with Crippen molar-refractivity contribution in [2.24, 2.45) is 0 Å². The van der Waals surface area contributed by atoms with Crippen LogP contribution in [0.25, 0.3) is 0 Å². The highest BCUT2D eigenvalue weighted by Gasteiger charge is 2.01. The largest absolute Gasteiger partial charge is 0.396 e. The zero-order chi connectivity index (χ0) is 8.97. The van der Waals surface area contributed by atoms with Crippen LogP contribution < -0.4 is 11.5 Å². The van der Waals surface area contributed by atoms with E-state index in [4.69, 9.17) is 16.6 Å². The van der Waals surface area contributed by atoms with Crippen molar-refractivity contribution in [2.45, 2.75) is 19.4 Å².